The number of aromatic nitrogens is 2. The van der Waals surface area contributed by atoms with Crippen molar-refractivity contribution in [3.05, 3.63) is 12.1 Å². The highest BCUT2D eigenvalue weighted by atomic mass is 32.2. The van der Waals surface area contributed by atoms with Crippen LogP contribution in [-0.4, -0.2) is 43.2 Å². The Kier molecular flexibility index (Phi) is 3.46. The quantitative estimate of drug-likeness (QED) is 0.840. The van der Waals surface area contributed by atoms with Crippen LogP contribution in [0.3, 0.4) is 0 Å². The highest BCUT2D eigenvalue weighted by molar-refractivity contribution is 7.89. The molecular formula is C11H15N3O4S. The first-order valence-corrected chi connectivity index (χ1v) is 7.12. The zero-order chi connectivity index (χ0) is 14.2. The average Bonchev–Trinajstić information content (AvgIpc) is 2.77. The SMILES string of the molecule is CC(C)Oc1ccc(S(=O)(=O)N(C)C)c2nonc12. The largest absolute Gasteiger partial charge is 0.489 e. The van der Waals surface area contributed by atoms with E-state index in [4.69, 9.17) is 4.74 Å². The van der Waals surface area contributed by atoms with Crippen LogP contribution >= 0.6 is 0 Å². The Bertz CT molecular complexity index is 691. The Morgan fingerprint density at radius 1 is 1.21 bits per heavy atom. The minimum atomic E-state index is -3.60. The van der Waals surface area contributed by atoms with Gasteiger partial charge in [0.15, 0.2) is 16.8 Å². The van der Waals surface area contributed by atoms with E-state index in [9.17, 15) is 8.42 Å². The molecule has 2 rings (SSSR count). The Morgan fingerprint density at radius 3 is 2.42 bits per heavy atom. The maximum absolute atomic E-state index is 12.2. The summed E-state index contributed by atoms with van der Waals surface area (Å²) < 4.78 is 35.6. The van der Waals surface area contributed by atoms with Crippen molar-refractivity contribution >= 4 is 21.1 Å². The fourth-order valence-electron chi connectivity index (χ4n) is 1.58. The fourth-order valence-corrected chi connectivity index (χ4v) is 2.59. The summed E-state index contributed by atoms with van der Waals surface area (Å²) in [6, 6.07) is 3.00. The summed E-state index contributed by atoms with van der Waals surface area (Å²) in [7, 11) is -0.700. The van der Waals surface area contributed by atoms with Crippen molar-refractivity contribution in [2.24, 2.45) is 0 Å². The Balaban J connectivity index is 2.65. The second-order valence-electron chi connectivity index (χ2n) is 4.48. The monoisotopic (exact) mass is 285 g/mol. The number of rotatable bonds is 4. The molecule has 0 atom stereocenters. The number of nitrogens with zero attached hydrogens (tertiary/aromatic N) is 3. The summed E-state index contributed by atoms with van der Waals surface area (Å²) in [5, 5.41) is 7.37. The Hall–Kier alpha value is -1.67. The van der Waals surface area contributed by atoms with E-state index in [-0.39, 0.29) is 16.5 Å². The molecule has 0 fully saturated rings. The van der Waals surface area contributed by atoms with Crippen molar-refractivity contribution in [1.29, 1.82) is 0 Å². The second-order valence-corrected chi connectivity index (χ2v) is 6.60. The average molecular weight is 285 g/mol. The van der Waals surface area contributed by atoms with Gasteiger partial charge in [-0.3, -0.25) is 0 Å². The lowest BCUT2D eigenvalue weighted by Crippen LogP contribution is -2.22. The molecule has 0 aliphatic heterocycles. The number of sulfonamides is 1. The third kappa shape index (κ3) is 2.41. The van der Waals surface area contributed by atoms with Crippen LogP contribution in [0.5, 0.6) is 5.75 Å². The van der Waals surface area contributed by atoms with Crippen LogP contribution in [-0.2, 0) is 10.0 Å². The van der Waals surface area contributed by atoms with Crippen LogP contribution in [0.25, 0.3) is 11.0 Å². The van der Waals surface area contributed by atoms with Crippen molar-refractivity contribution in [1.82, 2.24) is 14.6 Å². The van der Waals surface area contributed by atoms with E-state index in [1.54, 1.807) is 6.07 Å². The summed E-state index contributed by atoms with van der Waals surface area (Å²) in [5.41, 5.74) is 0.475. The molecule has 104 valence electrons. The Morgan fingerprint density at radius 2 is 1.84 bits per heavy atom. The molecule has 1 aromatic heterocycles. The highest BCUT2D eigenvalue weighted by Crippen LogP contribution is 2.30. The molecule has 0 N–H and O–H groups in total. The topological polar surface area (TPSA) is 85.5 Å². The van der Waals surface area contributed by atoms with Crippen molar-refractivity contribution in [2.45, 2.75) is 24.8 Å². The molecule has 0 radical (unpaired) electrons. The number of ether oxygens (including phenoxy) is 1. The van der Waals surface area contributed by atoms with Crippen LogP contribution in [0, 0.1) is 0 Å². The van der Waals surface area contributed by atoms with E-state index in [1.165, 1.54) is 20.2 Å². The minimum Gasteiger partial charge on any atom is -0.489 e. The molecular weight excluding hydrogens is 270 g/mol. The predicted octanol–water partition coefficient (Wildman–Crippen LogP) is 1.26. The van der Waals surface area contributed by atoms with Crippen LogP contribution in [0.15, 0.2) is 21.7 Å². The summed E-state index contributed by atoms with van der Waals surface area (Å²) in [4.78, 5) is 0.0462. The molecule has 0 aliphatic rings. The summed E-state index contributed by atoms with van der Waals surface area (Å²) >= 11 is 0. The van der Waals surface area contributed by atoms with Crippen LogP contribution in [0.2, 0.25) is 0 Å². The van der Waals surface area contributed by atoms with Gasteiger partial charge in [-0.15, -0.1) is 0 Å². The maximum Gasteiger partial charge on any atom is 0.244 e. The normalized spacial score (nSPS) is 12.5. The van der Waals surface area contributed by atoms with Gasteiger partial charge in [0.05, 0.1) is 6.10 Å². The lowest BCUT2D eigenvalue weighted by Gasteiger charge is -2.13. The van der Waals surface area contributed by atoms with Gasteiger partial charge in [-0.2, -0.15) is 0 Å². The van der Waals surface area contributed by atoms with E-state index >= 15 is 0 Å². The van der Waals surface area contributed by atoms with Crippen molar-refractivity contribution in [3.8, 4) is 5.75 Å². The lowest BCUT2D eigenvalue weighted by molar-refractivity contribution is 0.243. The zero-order valence-electron chi connectivity index (χ0n) is 11.1. The van der Waals surface area contributed by atoms with Gasteiger partial charge in [0.25, 0.3) is 0 Å². The number of hydrogen-bond donors (Lipinski definition) is 0. The molecule has 0 bridgehead atoms. The lowest BCUT2D eigenvalue weighted by atomic mass is 10.3. The molecule has 0 saturated carbocycles. The van der Waals surface area contributed by atoms with E-state index in [1.807, 2.05) is 13.8 Å². The zero-order valence-corrected chi connectivity index (χ0v) is 11.9. The van der Waals surface area contributed by atoms with Gasteiger partial charge < -0.3 is 4.74 Å². The second kappa shape index (κ2) is 4.78. The number of benzene rings is 1. The van der Waals surface area contributed by atoms with Gasteiger partial charge in [-0.05, 0) is 36.3 Å². The van der Waals surface area contributed by atoms with Crippen molar-refractivity contribution in [2.75, 3.05) is 14.1 Å². The molecule has 7 nitrogen and oxygen atoms in total. The smallest absolute Gasteiger partial charge is 0.244 e. The first kappa shape index (κ1) is 13.8. The third-order valence-electron chi connectivity index (χ3n) is 2.46. The number of fused-ring (bicyclic) bond motifs is 1. The molecule has 0 unspecified atom stereocenters. The van der Waals surface area contributed by atoms with Crippen molar-refractivity contribution in [3.63, 3.8) is 0 Å². The number of hydrogen-bond acceptors (Lipinski definition) is 6. The van der Waals surface area contributed by atoms with Gasteiger partial charge >= 0.3 is 0 Å². The minimum absolute atomic E-state index is 0.0462. The first-order valence-electron chi connectivity index (χ1n) is 5.68. The van der Waals surface area contributed by atoms with E-state index in [0.29, 0.717) is 11.3 Å². The van der Waals surface area contributed by atoms with Gasteiger partial charge in [0.2, 0.25) is 10.0 Å². The van der Waals surface area contributed by atoms with Gasteiger partial charge in [0.1, 0.15) is 4.90 Å². The van der Waals surface area contributed by atoms with Gasteiger partial charge in [-0.1, -0.05) is 0 Å². The van der Waals surface area contributed by atoms with Crippen LogP contribution in [0.1, 0.15) is 13.8 Å². The van der Waals surface area contributed by atoms with E-state index in [2.05, 4.69) is 14.9 Å². The van der Waals surface area contributed by atoms with Crippen molar-refractivity contribution < 1.29 is 17.8 Å². The highest BCUT2D eigenvalue weighted by Gasteiger charge is 2.25. The predicted molar refractivity (Wildman–Crippen MR) is 68.4 cm³/mol. The Labute approximate surface area is 111 Å². The molecule has 2 aromatic rings. The molecule has 0 amide bonds. The van der Waals surface area contributed by atoms with Gasteiger partial charge in [0, 0.05) is 14.1 Å². The van der Waals surface area contributed by atoms with E-state index < -0.39 is 10.0 Å². The van der Waals surface area contributed by atoms with E-state index in [0.717, 1.165) is 4.31 Å². The molecule has 1 heterocycles. The van der Waals surface area contributed by atoms with Crippen LogP contribution in [0.4, 0.5) is 0 Å². The molecule has 0 spiro atoms. The third-order valence-corrected chi connectivity index (χ3v) is 4.31. The summed E-state index contributed by atoms with van der Waals surface area (Å²) in [6.07, 6.45) is -0.0591. The molecule has 19 heavy (non-hydrogen) atoms. The summed E-state index contributed by atoms with van der Waals surface area (Å²) in [6.45, 7) is 3.73. The molecule has 8 heteroatoms. The summed E-state index contributed by atoms with van der Waals surface area (Å²) in [5.74, 6) is 0.448. The molecule has 1 aromatic carbocycles. The standard InChI is InChI=1S/C11H15N3O4S/c1-7(2)17-8-5-6-9(19(15,16)14(3)4)11-10(8)12-18-13-11/h5-7H,1-4H3. The fraction of sp³-hybridized carbons (Fsp3) is 0.455. The maximum atomic E-state index is 12.2. The van der Waals surface area contributed by atoms with Gasteiger partial charge in [-0.25, -0.2) is 17.4 Å². The first-order chi connectivity index (χ1) is 8.84. The molecule has 0 aliphatic carbocycles. The molecule has 0 saturated heterocycles. The van der Waals surface area contributed by atoms with Crippen LogP contribution < -0.4 is 4.74 Å².